The van der Waals surface area contributed by atoms with Crippen molar-refractivity contribution in [3.63, 3.8) is 0 Å². The van der Waals surface area contributed by atoms with Crippen LogP contribution in [0.5, 0.6) is 0 Å². The van der Waals surface area contributed by atoms with Crippen molar-refractivity contribution in [1.82, 2.24) is 4.90 Å². The molecule has 0 radical (unpaired) electrons. The van der Waals surface area contributed by atoms with E-state index in [-0.39, 0.29) is 17.5 Å². The third kappa shape index (κ3) is 4.04. The SMILES string of the molecule is O=C(Nc1ccc(F)cc1F)C1CCCN(Cc2cccc3ccccc23)C1. The summed E-state index contributed by atoms with van der Waals surface area (Å²) < 4.78 is 26.9. The molecule has 0 spiro atoms. The third-order valence-corrected chi connectivity index (χ3v) is 5.34. The molecular weight excluding hydrogens is 358 g/mol. The molecule has 1 N–H and O–H groups in total. The van der Waals surface area contributed by atoms with Crippen LogP contribution in [0.4, 0.5) is 14.5 Å². The van der Waals surface area contributed by atoms with Gasteiger partial charge in [-0.1, -0.05) is 42.5 Å². The van der Waals surface area contributed by atoms with Crippen molar-refractivity contribution < 1.29 is 13.6 Å². The zero-order valence-corrected chi connectivity index (χ0v) is 15.5. The molecule has 28 heavy (non-hydrogen) atoms. The maximum absolute atomic E-state index is 13.8. The van der Waals surface area contributed by atoms with Gasteiger partial charge in [0.2, 0.25) is 5.91 Å². The molecule has 0 aliphatic carbocycles. The van der Waals surface area contributed by atoms with Crippen LogP contribution in [0.2, 0.25) is 0 Å². The maximum atomic E-state index is 13.8. The molecule has 3 aromatic rings. The van der Waals surface area contributed by atoms with Crippen molar-refractivity contribution >= 4 is 22.4 Å². The Hall–Kier alpha value is -2.79. The number of carbonyl (C=O) groups is 1. The second-order valence-corrected chi connectivity index (χ2v) is 7.33. The average molecular weight is 380 g/mol. The van der Waals surface area contributed by atoms with E-state index in [0.717, 1.165) is 38.1 Å². The van der Waals surface area contributed by atoms with Crippen molar-refractivity contribution in [1.29, 1.82) is 0 Å². The topological polar surface area (TPSA) is 32.3 Å². The minimum absolute atomic E-state index is 0.0255. The molecule has 0 aromatic heterocycles. The van der Waals surface area contributed by atoms with Gasteiger partial charge in [0.1, 0.15) is 11.6 Å². The number of rotatable bonds is 4. The van der Waals surface area contributed by atoms with E-state index in [1.54, 1.807) is 0 Å². The summed E-state index contributed by atoms with van der Waals surface area (Å²) in [5.74, 6) is -1.84. The fourth-order valence-electron chi connectivity index (χ4n) is 3.91. The molecule has 1 heterocycles. The molecule has 5 heteroatoms. The minimum Gasteiger partial charge on any atom is -0.323 e. The summed E-state index contributed by atoms with van der Waals surface area (Å²) in [4.78, 5) is 14.9. The summed E-state index contributed by atoms with van der Waals surface area (Å²) in [7, 11) is 0. The van der Waals surface area contributed by atoms with Crippen LogP contribution in [0.1, 0.15) is 18.4 Å². The molecule has 1 amide bonds. The fourth-order valence-corrected chi connectivity index (χ4v) is 3.91. The van der Waals surface area contributed by atoms with Crippen LogP contribution >= 0.6 is 0 Å². The number of hydrogen-bond acceptors (Lipinski definition) is 2. The Balaban J connectivity index is 1.44. The largest absolute Gasteiger partial charge is 0.323 e. The first-order chi connectivity index (χ1) is 13.6. The van der Waals surface area contributed by atoms with Crippen molar-refractivity contribution in [2.75, 3.05) is 18.4 Å². The van der Waals surface area contributed by atoms with E-state index in [9.17, 15) is 13.6 Å². The summed E-state index contributed by atoms with van der Waals surface area (Å²) in [6.45, 7) is 2.33. The first-order valence-corrected chi connectivity index (χ1v) is 9.55. The van der Waals surface area contributed by atoms with Crippen LogP contribution in [0.3, 0.4) is 0 Å². The molecule has 1 fully saturated rings. The van der Waals surface area contributed by atoms with Crippen molar-refractivity contribution in [2.24, 2.45) is 5.92 Å². The number of nitrogens with one attached hydrogen (secondary N) is 1. The second kappa shape index (κ2) is 8.07. The number of likely N-dealkylation sites (tertiary alicyclic amines) is 1. The predicted octanol–water partition coefficient (Wildman–Crippen LogP) is 4.97. The Labute approximate surface area is 163 Å². The van der Waals surface area contributed by atoms with Crippen LogP contribution in [0.15, 0.2) is 60.7 Å². The number of amides is 1. The maximum Gasteiger partial charge on any atom is 0.228 e. The van der Waals surface area contributed by atoms with E-state index in [1.165, 1.54) is 22.4 Å². The van der Waals surface area contributed by atoms with E-state index < -0.39 is 11.6 Å². The fraction of sp³-hybridized carbons (Fsp3) is 0.261. The van der Waals surface area contributed by atoms with Gasteiger partial charge in [-0.2, -0.15) is 0 Å². The summed E-state index contributed by atoms with van der Waals surface area (Å²) in [5, 5.41) is 5.05. The van der Waals surface area contributed by atoms with E-state index in [1.807, 2.05) is 12.1 Å². The molecule has 1 atom stereocenters. The Morgan fingerprint density at radius 2 is 1.89 bits per heavy atom. The number of halogens is 2. The van der Waals surface area contributed by atoms with Gasteiger partial charge in [0.05, 0.1) is 11.6 Å². The summed E-state index contributed by atoms with van der Waals surface area (Å²) in [6, 6.07) is 17.8. The minimum atomic E-state index is -0.753. The molecular formula is C23H22F2N2O. The van der Waals surface area contributed by atoms with E-state index in [4.69, 9.17) is 0 Å². The van der Waals surface area contributed by atoms with Gasteiger partial charge in [-0.15, -0.1) is 0 Å². The molecule has 0 saturated carbocycles. The van der Waals surface area contributed by atoms with Gasteiger partial charge >= 0.3 is 0 Å². The Kier molecular flexibility index (Phi) is 5.35. The lowest BCUT2D eigenvalue weighted by molar-refractivity contribution is -0.121. The smallest absolute Gasteiger partial charge is 0.228 e. The van der Waals surface area contributed by atoms with E-state index in [0.29, 0.717) is 6.54 Å². The lowest BCUT2D eigenvalue weighted by Crippen LogP contribution is -2.40. The first-order valence-electron chi connectivity index (χ1n) is 9.55. The Bertz CT molecular complexity index is 1000. The molecule has 1 aliphatic rings. The van der Waals surface area contributed by atoms with E-state index >= 15 is 0 Å². The molecule has 1 aliphatic heterocycles. The normalized spacial score (nSPS) is 17.6. The molecule has 3 aromatic carbocycles. The van der Waals surface area contributed by atoms with Crippen molar-refractivity contribution in [3.8, 4) is 0 Å². The quantitative estimate of drug-likeness (QED) is 0.693. The number of hydrogen-bond donors (Lipinski definition) is 1. The summed E-state index contributed by atoms with van der Waals surface area (Å²) >= 11 is 0. The lowest BCUT2D eigenvalue weighted by atomic mass is 9.96. The highest BCUT2D eigenvalue weighted by atomic mass is 19.1. The number of anilines is 1. The lowest BCUT2D eigenvalue weighted by Gasteiger charge is -2.32. The van der Waals surface area contributed by atoms with Crippen LogP contribution in [-0.2, 0) is 11.3 Å². The van der Waals surface area contributed by atoms with Crippen LogP contribution in [0.25, 0.3) is 10.8 Å². The molecule has 3 nitrogen and oxygen atoms in total. The number of nitrogens with zero attached hydrogens (tertiary/aromatic N) is 1. The molecule has 1 saturated heterocycles. The van der Waals surface area contributed by atoms with Gasteiger partial charge in [-0.25, -0.2) is 8.78 Å². The number of carbonyl (C=O) groups excluding carboxylic acids is 1. The zero-order valence-electron chi connectivity index (χ0n) is 15.5. The highest BCUT2D eigenvalue weighted by Crippen LogP contribution is 2.25. The summed E-state index contributed by atoms with van der Waals surface area (Å²) in [6.07, 6.45) is 1.68. The Morgan fingerprint density at radius 1 is 1.07 bits per heavy atom. The van der Waals surface area contributed by atoms with Gasteiger partial charge in [-0.05, 0) is 47.9 Å². The van der Waals surface area contributed by atoms with Gasteiger partial charge in [-0.3, -0.25) is 9.69 Å². The monoisotopic (exact) mass is 380 g/mol. The number of fused-ring (bicyclic) bond motifs is 1. The van der Waals surface area contributed by atoms with E-state index in [2.05, 4.69) is 40.5 Å². The molecule has 144 valence electrons. The third-order valence-electron chi connectivity index (χ3n) is 5.34. The standard InChI is InChI=1S/C23H22F2N2O/c24-19-10-11-22(21(25)13-19)26-23(28)18-8-4-12-27(15-18)14-17-7-3-6-16-5-1-2-9-20(16)17/h1-3,5-7,9-11,13,18H,4,8,12,14-15H2,(H,26,28). The van der Waals surface area contributed by atoms with Crippen molar-refractivity contribution in [3.05, 3.63) is 77.9 Å². The van der Waals surface area contributed by atoms with Crippen LogP contribution in [-0.4, -0.2) is 23.9 Å². The van der Waals surface area contributed by atoms with Gasteiger partial charge in [0.25, 0.3) is 0 Å². The van der Waals surface area contributed by atoms with Crippen molar-refractivity contribution in [2.45, 2.75) is 19.4 Å². The van der Waals surface area contributed by atoms with Gasteiger partial charge in [0.15, 0.2) is 0 Å². The molecule has 0 bridgehead atoms. The Morgan fingerprint density at radius 3 is 2.75 bits per heavy atom. The molecule has 4 rings (SSSR count). The van der Waals surface area contributed by atoms with Crippen LogP contribution in [0, 0.1) is 17.6 Å². The highest BCUT2D eigenvalue weighted by Gasteiger charge is 2.26. The van der Waals surface area contributed by atoms with Gasteiger partial charge < -0.3 is 5.32 Å². The van der Waals surface area contributed by atoms with Crippen LogP contribution < -0.4 is 5.32 Å². The first kappa shape index (κ1) is 18.6. The zero-order chi connectivity index (χ0) is 19.5. The average Bonchev–Trinajstić information content (AvgIpc) is 2.70. The number of benzene rings is 3. The number of piperidine rings is 1. The van der Waals surface area contributed by atoms with Gasteiger partial charge in [0, 0.05) is 19.2 Å². The second-order valence-electron chi connectivity index (χ2n) is 7.33. The highest BCUT2D eigenvalue weighted by molar-refractivity contribution is 5.93. The summed E-state index contributed by atoms with van der Waals surface area (Å²) in [5.41, 5.74) is 1.27. The molecule has 1 unspecified atom stereocenters. The predicted molar refractivity (Wildman–Crippen MR) is 107 cm³/mol.